The number of nitrogens with one attached hydrogen (secondary N) is 2. The van der Waals surface area contributed by atoms with E-state index in [1.807, 2.05) is 25.5 Å². The molecule has 7 nitrogen and oxygen atoms in total. The van der Waals surface area contributed by atoms with Crippen LogP contribution in [0.5, 0.6) is 0 Å². The summed E-state index contributed by atoms with van der Waals surface area (Å²) < 4.78 is 6.49. The number of ether oxygens (including phenoxy) is 1. The van der Waals surface area contributed by atoms with Gasteiger partial charge in [-0.3, -0.25) is 4.68 Å². The molecule has 0 aliphatic heterocycles. The van der Waals surface area contributed by atoms with Crippen molar-refractivity contribution in [1.29, 1.82) is 0 Å². The molecular formula is C14H24N4O3. The number of hydrogen-bond acceptors (Lipinski definition) is 4. The highest BCUT2D eigenvalue weighted by atomic mass is 16.5. The van der Waals surface area contributed by atoms with E-state index in [0.717, 1.165) is 23.5 Å². The fraction of sp³-hybridized carbons (Fsp3) is 0.643. The standard InChI is InChI=1S/C14H24N4O3/c1-6-18-11(4)12(9(2)17-18)7-8-15-14(20)16-10(3)13(19)21-5/h10H,6-8H2,1-5H3,(H2,15,16,20)/t10-/m0/s1. The number of esters is 1. The smallest absolute Gasteiger partial charge is 0.328 e. The molecule has 0 spiro atoms. The van der Waals surface area contributed by atoms with Crippen LogP contribution in [-0.4, -0.2) is 41.5 Å². The first-order chi connectivity index (χ1) is 9.90. The third kappa shape index (κ3) is 4.47. The van der Waals surface area contributed by atoms with E-state index in [4.69, 9.17) is 0 Å². The van der Waals surface area contributed by atoms with Gasteiger partial charge in [0.05, 0.1) is 12.8 Å². The predicted octanol–water partition coefficient (Wildman–Crippen LogP) is 0.923. The van der Waals surface area contributed by atoms with Crippen LogP contribution in [-0.2, 0) is 22.5 Å². The molecule has 0 bridgehead atoms. The van der Waals surface area contributed by atoms with Gasteiger partial charge < -0.3 is 15.4 Å². The summed E-state index contributed by atoms with van der Waals surface area (Å²) in [6, 6.07) is -1.05. The number of aryl methyl sites for hydroxylation is 2. The van der Waals surface area contributed by atoms with Gasteiger partial charge in [0.2, 0.25) is 0 Å². The number of urea groups is 1. The van der Waals surface area contributed by atoms with Gasteiger partial charge in [-0.05, 0) is 39.7 Å². The third-order valence-electron chi connectivity index (χ3n) is 3.39. The Kier molecular flexibility index (Phi) is 6.20. The molecule has 1 heterocycles. The van der Waals surface area contributed by atoms with E-state index >= 15 is 0 Å². The van der Waals surface area contributed by atoms with E-state index in [2.05, 4.69) is 20.5 Å². The number of carbonyl (C=O) groups excluding carboxylic acids is 2. The maximum absolute atomic E-state index is 11.6. The zero-order valence-corrected chi connectivity index (χ0v) is 13.3. The van der Waals surface area contributed by atoms with E-state index in [1.165, 1.54) is 7.11 Å². The molecule has 0 radical (unpaired) electrons. The van der Waals surface area contributed by atoms with Gasteiger partial charge in [0, 0.05) is 18.8 Å². The fourth-order valence-electron chi connectivity index (χ4n) is 2.19. The topological polar surface area (TPSA) is 85.3 Å². The van der Waals surface area contributed by atoms with Crippen LogP contribution < -0.4 is 10.6 Å². The fourth-order valence-corrected chi connectivity index (χ4v) is 2.19. The van der Waals surface area contributed by atoms with Gasteiger partial charge in [-0.1, -0.05) is 0 Å². The van der Waals surface area contributed by atoms with Crippen molar-refractivity contribution >= 4 is 12.0 Å². The normalized spacial score (nSPS) is 11.9. The van der Waals surface area contributed by atoms with Crippen molar-refractivity contribution in [2.75, 3.05) is 13.7 Å². The van der Waals surface area contributed by atoms with Crippen LogP contribution in [0.3, 0.4) is 0 Å². The highest BCUT2D eigenvalue weighted by molar-refractivity contribution is 5.83. The second-order valence-corrected chi connectivity index (χ2v) is 4.86. The summed E-state index contributed by atoms with van der Waals surface area (Å²) in [5.41, 5.74) is 3.26. The number of amides is 2. The first-order valence-electron chi connectivity index (χ1n) is 7.05. The van der Waals surface area contributed by atoms with E-state index in [-0.39, 0.29) is 6.03 Å². The van der Waals surface area contributed by atoms with Crippen LogP contribution in [0.25, 0.3) is 0 Å². The number of hydrogen-bond donors (Lipinski definition) is 2. The van der Waals surface area contributed by atoms with Crippen LogP contribution in [0.2, 0.25) is 0 Å². The van der Waals surface area contributed by atoms with Crippen molar-refractivity contribution in [2.24, 2.45) is 0 Å². The van der Waals surface area contributed by atoms with Gasteiger partial charge in [-0.2, -0.15) is 5.10 Å². The zero-order chi connectivity index (χ0) is 16.0. The van der Waals surface area contributed by atoms with Crippen molar-refractivity contribution in [3.8, 4) is 0 Å². The second kappa shape index (κ2) is 7.66. The Bertz CT molecular complexity index is 511. The molecule has 0 saturated carbocycles. The number of aromatic nitrogens is 2. The molecule has 0 aliphatic carbocycles. The molecule has 1 atom stereocenters. The van der Waals surface area contributed by atoms with E-state index in [1.54, 1.807) is 6.92 Å². The van der Waals surface area contributed by atoms with Crippen LogP contribution in [0.4, 0.5) is 4.79 Å². The van der Waals surface area contributed by atoms with Crippen molar-refractivity contribution in [3.05, 3.63) is 17.0 Å². The average Bonchev–Trinajstić information content (AvgIpc) is 2.73. The minimum atomic E-state index is -0.665. The molecule has 21 heavy (non-hydrogen) atoms. The van der Waals surface area contributed by atoms with Crippen molar-refractivity contribution in [3.63, 3.8) is 0 Å². The largest absolute Gasteiger partial charge is 0.467 e. The van der Waals surface area contributed by atoms with Crippen LogP contribution in [0.1, 0.15) is 30.8 Å². The van der Waals surface area contributed by atoms with Gasteiger partial charge in [-0.15, -0.1) is 0 Å². The summed E-state index contributed by atoms with van der Waals surface area (Å²) in [5.74, 6) is -0.471. The summed E-state index contributed by atoms with van der Waals surface area (Å²) in [4.78, 5) is 22.8. The molecule has 2 N–H and O–H groups in total. The van der Waals surface area contributed by atoms with Crippen LogP contribution in [0, 0.1) is 13.8 Å². The minimum Gasteiger partial charge on any atom is -0.467 e. The highest BCUT2D eigenvalue weighted by Crippen LogP contribution is 2.13. The lowest BCUT2D eigenvalue weighted by atomic mass is 10.1. The van der Waals surface area contributed by atoms with E-state index in [9.17, 15) is 9.59 Å². The van der Waals surface area contributed by atoms with Crippen molar-refractivity contribution < 1.29 is 14.3 Å². The summed E-state index contributed by atoms with van der Waals surface area (Å²) in [5, 5.41) is 9.68. The molecule has 1 rings (SSSR count). The van der Waals surface area contributed by atoms with Gasteiger partial charge >= 0.3 is 12.0 Å². The Morgan fingerprint density at radius 3 is 2.57 bits per heavy atom. The molecule has 2 amide bonds. The molecule has 0 saturated heterocycles. The monoisotopic (exact) mass is 296 g/mol. The number of methoxy groups -OCH3 is 1. The lowest BCUT2D eigenvalue weighted by molar-refractivity contribution is -0.142. The molecule has 1 aromatic heterocycles. The Morgan fingerprint density at radius 1 is 1.38 bits per heavy atom. The molecule has 1 aromatic rings. The molecule has 0 aromatic carbocycles. The van der Waals surface area contributed by atoms with Gasteiger partial charge in [0.25, 0.3) is 0 Å². The lowest BCUT2D eigenvalue weighted by Gasteiger charge is -2.12. The Balaban J connectivity index is 2.45. The number of nitrogens with zero attached hydrogens (tertiary/aromatic N) is 2. The molecule has 0 aliphatic rings. The Morgan fingerprint density at radius 2 is 2.05 bits per heavy atom. The summed E-state index contributed by atoms with van der Waals surface area (Å²) >= 11 is 0. The summed E-state index contributed by atoms with van der Waals surface area (Å²) in [6.45, 7) is 8.92. The molecule has 118 valence electrons. The second-order valence-electron chi connectivity index (χ2n) is 4.86. The third-order valence-corrected chi connectivity index (χ3v) is 3.39. The average molecular weight is 296 g/mol. The van der Waals surface area contributed by atoms with Crippen molar-refractivity contribution in [1.82, 2.24) is 20.4 Å². The number of rotatable bonds is 6. The maximum Gasteiger partial charge on any atom is 0.328 e. The highest BCUT2D eigenvalue weighted by Gasteiger charge is 2.15. The van der Waals surface area contributed by atoms with E-state index in [0.29, 0.717) is 13.0 Å². The summed E-state index contributed by atoms with van der Waals surface area (Å²) in [6.07, 6.45) is 0.706. The minimum absolute atomic E-state index is 0.383. The Labute approximate surface area is 125 Å². The first kappa shape index (κ1) is 17.0. The van der Waals surface area contributed by atoms with Crippen molar-refractivity contribution in [2.45, 2.75) is 46.7 Å². The zero-order valence-electron chi connectivity index (χ0n) is 13.3. The van der Waals surface area contributed by atoms with Gasteiger partial charge in [0.15, 0.2) is 0 Å². The van der Waals surface area contributed by atoms with E-state index < -0.39 is 12.0 Å². The van der Waals surface area contributed by atoms with Gasteiger partial charge in [-0.25, -0.2) is 9.59 Å². The van der Waals surface area contributed by atoms with Gasteiger partial charge in [0.1, 0.15) is 6.04 Å². The Hall–Kier alpha value is -2.05. The molecule has 0 unspecified atom stereocenters. The van der Waals surface area contributed by atoms with Crippen LogP contribution >= 0.6 is 0 Å². The quantitative estimate of drug-likeness (QED) is 0.765. The lowest BCUT2D eigenvalue weighted by Crippen LogP contribution is -2.45. The number of carbonyl (C=O) groups is 2. The summed E-state index contributed by atoms with van der Waals surface area (Å²) in [7, 11) is 1.29. The van der Waals surface area contributed by atoms with Crippen LogP contribution in [0.15, 0.2) is 0 Å². The predicted molar refractivity (Wildman–Crippen MR) is 79.1 cm³/mol. The molecule has 0 fully saturated rings. The molecular weight excluding hydrogens is 272 g/mol. The molecule has 7 heteroatoms. The SMILES string of the molecule is CCn1nc(C)c(CCNC(=O)N[C@@H](C)C(=O)OC)c1C. The maximum atomic E-state index is 11.6. The first-order valence-corrected chi connectivity index (χ1v) is 7.05.